The van der Waals surface area contributed by atoms with Crippen LogP contribution in [0.25, 0.3) is 0 Å². The molecular formula is C15H24BrN3O2S. The average Bonchev–Trinajstić information content (AvgIpc) is 2.47. The fourth-order valence-electron chi connectivity index (χ4n) is 2.75. The molecule has 0 radical (unpaired) electrons. The molecule has 1 unspecified atom stereocenters. The highest BCUT2D eigenvalue weighted by atomic mass is 79.9. The predicted octanol–water partition coefficient (Wildman–Crippen LogP) is 2.26. The predicted molar refractivity (Wildman–Crippen MR) is 93.6 cm³/mol. The van der Waals surface area contributed by atoms with Gasteiger partial charge in [0.15, 0.2) is 0 Å². The first kappa shape index (κ1) is 17.7. The van der Waals surface area contributed by atoms with Crippen molar-refractivity contribution in [3.05, 3.63) is 22.7 Å². The highest BCUT2D eigenvalue weighted by molar-refractivity contribution is 9.10. The molecule has 2 N–H and O–H groups in total. The second-order valence-corrected chi connectivity index (χ2v) is 8.87. The van der Waals surface area contributed by atoms with Gasteiger partial charge in [0.25, 0.3) is 0 Å². The number of rotatable bonds is 4. The number of sulfonamides is 1. The second kappa shape index (κ2) is 6.86. The molecule has 1 aliphatic rings. The SMILES string of the molecule is CC(N)C1CCN(S(=O)(=O)c2cc(N(C)C)ccc2Br)CC1. The van der Waals surface area contributed by atoms with Crippen molar-refractivity contribution >= 4 is 31.6 Å². The van der Waals surface area contributed by atoms with E-state index in [2.05, 4.69) is 15.9 Å². The van der Waals surface area contributed by atoms with Crippen molar-refractivity contribution in [2.75, 3.05) is 32.1 Å². The largest absolute Gasteiger partial charge is 0.378 e. The highest BCUT2D eigenvalue weighted by Gasteiger charge is 2.31. The summed E-state index contributed by atoms with van der Waals surface area (Å²) in [7, 11) is 0.314. The molecule has 0 aromatic heterocycles. The van der Waals surface area contributed by atoms with Crippen molar-refractivity contribution in [1.82, 2.24) is 4.31 Å². The summed E-state index contributed by atoms with van der Waals surface area (Å²) in [5.74, 6) is 0.406. The number of hydrogen-bond acceptors (Lipinski definition) is 4. The van der Waals surface area contributed by atoms with Gasteiger partial charge in [-0.1, -0.05) is 0 Å². The molecule has 0 saturated carbocycles. The van der Waals surface area contributed by atoms with Crippen LogP contribution < -0.4 is 10.6 Å². The van der Waals surface area contributed by atoms with Gasteiger partial charge in [0.2, 0.25) is 10.0 Å². The van der Waals surface area contributed by atoms with Gasteiger partial charge in [0, 0.05) is 43.4 Å². The molecule has 1 saturated heterocycles. The smallest absolute Gasteiger partial charge is 0.244 e. The molecule has 1 heterocycles. The van der Waals surface area contributed by atoms with Gasteiger partial charge in [-0.3, -0.25) is 0 Å². The van der Waals surface area contributed by atoms with Crippen LogP contribution in [0.3, 0.4) is 0 Å². The summed E-state index contributed by atoms with van der Waals surface area (Å²) in [6.07, 6.45) is 1.64. The molecule has 0 bridgehead atoms. The van der Waals surface area contributed by atoms with Crippen molar-refractivity contribution in [1.29, 1.82) is 0 Å². The number of nitrogens with zero attached hydrogens (tertiary/aromatic N) is 2. The van der Waals surface area contributed by atoms with Gasteiger partial charge in [-0.25, -0.2) is 8.42 Å². The second-order valence-electron chi connectivity index (χ2n) is 6.11. The number of halogens is 1. The Morgan fingerprint density at radius 1 is 1.32 bits per heavy atom. The number of hydrogen-bond donors (Lipinski definition) is 1. The van der Waals surface area contributed by atoms with Crippen molar-refractivity contribution in [2.45, 2.75) is 30.7 Å². The van der Waals surface area contributed by atoms with Gasteiger partial charge < -0.3 is 10.6 Å². The minimum atomic E-state index is -3.48. The molecule has 1 atom stereocenters. The van der Waals surface area contributed by atoms with Crippen LogP contribution in [0, 0.1) is 5.92 Å². The fourth-order valence-corrected chi connectivity index (χ4v) is 5.16. The van der Waals surface area contributed by atoms with Crippen LogP contribution in [-0.4, -0.2) is 45.9 Å². The maximum atomic E-state index is 12.9. The van der Waals surface area contributed by atoms with Crippen molar-refractivity contribution in [3.8, 4) is 0 Å². The maximum Gasteiger partial charge on any atom is 0.244 e. The molecule has 1 fully saturated rings. The zero-order valence-electron chi connectivity index (χ0n) is 13.3. The monoisotopic (exact) mass is 389 g/mol. The van der Waals surface area contributed by atoms with E-state index >= 15 is 0 Å². The van der Waals surface area contributed by atoms with Gasteiger partial charge in [0.1, 0.15) is 0 Å². The average molecular weight is 390 g/mol. The van der Waals surface area contributed by atoms with Gasteiger partial charge in [-0.15, -0.1) is 0 Å². The van der Waals surface area contributed by atoms with Crippen LogP contribution >= 0.6 is 15.9 Å². The zero-order valence-corrected chi connectivity index (χ0v) is 15.7. The molecule has 5 nitrogen and oxygen atoms in total. The number of nitrogens with two attached hydrogens (primary N) is 1. The van der Waals surface area contributed by atoms with E-state index in [0.717, 1.165) is 18.5 Å². The van der Waals surface area contributed by atoms with Crippen LogP contribution in [0.1, 0.15) is 19.8 Å². The molecule has 0 amide bonds. The minimum Gasteiger partial charge on any atom is -0.378 e. The van der Waals surface area contributed by atoms with Crippen molar-refractivity contribution < 1.29 is 8.42 Å². The Hall–Kier alpha value is -0.630. The summed E-state index contributed by atoms with van der Waals surface area (Å²) < 4.78 is 28.0. The number of piperidine rings is 1. The van der Waals surface area contributed by atoms with E-state index in [1.54, 1.807) is 16.4 Å². The van der Waals surface area contributed by atoms with Crippen LogP contribution in [0.15, 0.2) is 27.6 Å². The summed E-state index contributed by atoms with van der Waals surface area (Å²) in [6, 6.07) is 5.52. The summed E-state index contributed by atoms with van der Waals surface area (Å²) in [5, 5.41) is 0. The van der Waals surface area contributed by atoms with Crippen LogP contribution in [0.4, 0.5) is 5.69 Å². The molecule has 2 rings (SSSR count). The van der Waals surface area contributed by atoms with Gasteiger partial charge in [-0.05, 0) is 59.8 Å². The minimum absolute atomic E-state index is 0.119. The lowest BCUT2D eigenvalue weighted by molar-refractivity contribution is 0.250. The van der Waals surface area contributed by atoms with E-state index in [1.165, 1.54) is 0 Å². The topological polar surface area (TPSA) is 66.6 Å². The van der Waals surface area contributed by atoms with Crippen molar-refractivity contribution in [2.24, 2.45) is 11.7 Å². The zero-order chi connectivity index (χ0) is 16.5. The first-order valence-corrected chi connectivity index (χ1v) is 9.69. The third-order valence-electron chi connectivity index (χ3n) is 4.29. The summed E-state index contributed by atoms with van der Waals surface area (Å²) in [5.41, 5.74) is 6.80. The first-order valence-electron chi connectivity index (χ1n) is 7.46. The van der Waals surface area contributed by atoms with E-state index in [0.29, 0.717) is 28.4 Å². The molecule has 7 heteroatoms. The Labute approximate surface area is 141 Å². The lowest BCUT2D eigenvalue weighted by atomic mass is 9.92. The number of benzene rings is 1. The third-order valence-corrected chi connectivity index (χ3v) is 7.18. The molecule has 124 valence electrons. The summed E-state index contributed by atoms with van der Waals surface area (Å²) in [4.78, 5) is 2.23. The number of anilines is 1. The van der Waals surface area contributed by atoms with Crippen molar-refractivity contribution in [3.63, 3.8) is 0 Å². The van der Waals surface area contributed by atoms with Gasteiger partial charge in [0.05, 0.1) is 4.90 Å². The Morgan fingerprint density at radius 3 is 2.41 bits per heavy atom. The normalized spacial score (nSPS) is 19.1. The first-order chi connectivity index (χ1) is 10.2. The van der Waals surface area contributed by atoms with E-state index in [1.807, 2.05) is 32.0 Å². The van der Waals surface area contributed by atoms with Crippen LogP contribution in [0.5, 0.6) is 0 Å². The van der Waals surface area contributed by atoms with Crippen LogP contribution in [-0.2, 0) is 10.0 Å². The molecule has 0 spiro atoms. The lowest BCUT2D eigenvalue weighted by Gasteiger charge is -2.33. The fraction of sp³-hybridized carbons (Fsp3) is 0.600. The van der Waals surface area contributed by atoms with Crippen LogP contribution in [0.2, 0.25) is 0 Å². The van der Waals surface area contributed by atoms with Gasteiger partial charge >= 0.3 is 0 Å². The van der Waals surface area contributed by atoms with E-state index in [4.69, 9.17) is 5.73 Å². The quantitative estimate of drug-likeness (QED) is 0.857. The van der Waals surface area contributed by atoms with Gasteiger partial charge in [-0.2, -0.15) is 4.31 Å². The van der Waals surface area contributed by atoms with E-state index in [9.17, 15) is 8.42 Å². The molecule has 0 aliphatic carbocycles. The lowest BCUT2D eigenvalue weighted by Crippen LogP contribution is -2.42. The molecule has 1 aromatic rings. The summed E-state index contributed by atoms with van der Waals surface area (Å²) in [6.45, 7) is 3.06. The van der Waals surface area contributed by atoms with E-state index < -0.39 is 10.0 Å². The van der Waals surface area contributed by atoms with E-state index in [-0.39, 0.29) is 6.04 Å². The highest BCUT2D eigenvalue weighted by Crippen LogP contribution is 2.31. The maximum absolute atomic E-state index is 12.9. The standard InChI is InChI=1S/C15H24BrN3O2S/c1-11(17)12-6-8-19(9-7-12)22(20,21)15-10-13(18(2)3)4-5-14(15)16/h4-5,10-12H,6-9,17H2,1-3H3. The third kappa shape index (κ3) is 3.64. The summed E-state index contributed by atoms with van der Waals surface area (Å²) >= 11 is 3.37. The Morgan fingerprint density at radius 2 is 1.91 bits per heavy atom. The Kier molecular flexibility index (Phi) is 5.53. The molecular weight excluding hydrogens is 366 g/mol. The molecule has 1 aliphatic heterocycles. The Bertz CT molecular complexity index is 624. The Balaban J connectivity index is 2.26. The molecule has 22 heavy (non-hydrogen) atoms. The molecule has 1 aromatic carbocycles.